The van der Waals surface area contributed by atoms with E-state index in [9.17, 15) is 19.2 Å². The Morgan fingerprint density at radius 2 is 0.840 bits per heavy atom. The molecule has 0 aliphatic rings. The maximum atomic E-state index is 12.6. The number of rotatable bonds is 30. The van der Waals surface area contributed by atoms with Crippen LogP contribution in [0.3, 0.4) is 0 Å². The first-order valence-corrected chi connectivity index (χ1v) is 58.8. The van der Waals surface area contributed by atoms with Crippen molar-refractivity contribution in [2.45, 2.75) is 201 Å². The molecule has 0 spiro atoms. The summed E-state index contributed by atoms with van der Waals surface area (Å²) in [6.07, 6.45) is 35.0. The number of alkyl halides is 6. The standard InChI is InChI=1S/C15H18ClN3O2S.2C15H18ClN3OS2.C15H19N3O2S.C10H10ClN3S.C4H7I3.C4H8I2.C4H9I.C4H8I.C4H9.2V/c1-5-19(14(20)21-15(2,3)4)13-11(16)18-12(22-13)10-7-6-8-17-9-10;2*1-4-19(14(20)10(2)9-21-3)15-12(16)18-13(22-15)11-6-5-7-17-8-11;1-5-18(14(19)20-15(2,3)4)12-10-17-13(21-12)11-7-6-8-16-9-11;1-2-13-10-8(11)14-9(15-10)7-4-3-5-12-6-7;1-2-3-4(5,6)7;1-2-3-4(5)6;2*1-2-3-4-5;1-3-4-2;;/h6-9H,5H2,1-4H3;2*5-8,10H,4,9H2,1-3H3;6-10H,5H2,1-4H3;3-6,13H,2H2,1H3;2-3H2,1H3;4H,2-3H2,1H3;2-4H2,1H3;4H,2-3H2,1H3;1,3-4H2,2H3;;/q;;;;;;;;2*-1;;. The normalized spacial score (nSPS) is 10.9. The summed E-state index contributed by atoms with van der Waals surface area (Å²) in [7, 11) is 0. The topological polar surface area (TPSA) is 241 Å². The number of hydrogen-bond acceptors (Lipinski definition) is 24. The third-order valence-corrected chi connectivity index (χ3v) is 28.6. The van der Waals surface area contributed by atoms with Gasteiger partial charge in [0.15, 0.2) is 20.6 Å². The number of amides is 4. The molecule has 2 atom stereocenters. The van der Waals surface area contributed by atoms with Crippen LogP contribution in [0.15, 0.2) is 129 Å². The van der Waals surface area contributed by atoms with Crippen molar-refractivity contribution in [2.75, 3.05) is 86.1 Å². The van der Waals surface area contributed by atoms with Crippen LogP contribution in [0.1, 0.15) is 189 Å². The number of carbonyl (C=O) groups excluding carboxylic acids is 4. The Balaban J connectivity index is 0. The average Bonchev–Trinajstić information content (AvgIpc) is 1.69. The molecule has 10 rings (SSSR count). The quantitative estimate of drug-likeness (QED) is 0.0250. The number of hydrogen-bond donors (Lipinski definition) is 1. The molecule has 0 saturated carbocycles. The van der Waals surface area contributed by atoms with Crippen LogP contribution >= 0.6 is 285 Å². The van der Waals surface area contributed by atoms with E-state index in [2.05, 4.69) is 259 Å². The molecule has 10 aromatic heterocycles. The first-order chi connectivity index (χ1) is 61.3. The Morgan fingerprint density at radius 3 is 1.08 bits per heavy atom. The van der Waals surface area contributed by atoms with E-state index in [1.165, 1.54) is 112 Å². The summed E-state index contributed by atoms with van der Waals surface area (Å²) in [4.78, 5) is 98.3. The van der Waals surface area contributed by atoms with E-state index in [0.717, 1.165) is 89.3 Å². The number of aromatic nitrogens is 10. The summed E-state index contributed by atoms with van der Waals surface area (Å²) in [5.41, 5.74) is 3.53. The van der Waals surface area contributed by atoms with Crippen LogP contribution in [0, 0.1) is 23.2 Å². The van der Waals surface area contributed by atoms with Crippen LogP contribution in [0.25, 0.3) is 52.9 Å². The number of ether oxygens (including phenoxy) is 2. The zero-order chi connectivity index (χ0) is 97.2. The third-order valence-electron chi connectivity index (χ3n) is 15.6. The molecule has 10 heterocycles. The zero-order valence-corrected chi connectivity index (χ0v) is 105. The molecule has 2 unspecified atom stereocenters. The Bertz CT molecular complexity index is 4540. The van der Waals surface area contributed by atoms with E-state index in [0.29, 0.717) is 56.1 Å². The van der Waals surface area contributed by atoms with Gasteiger partial charge in [0, 0.05) is 183 Å². The number of anilines is 5. The third kappa shape index (κ3) is 54.9. The van der Waals surface area contributed by atoms with Crippen LogP contribution in [0.5, 0.6) is 0 Å². The van der Waals surface area contributed by atoms with E-state index >= 15 is 0 Å². The van der Waals surface area contributed by atoms with Gasteiger partial charge in [0.1, 0.15) is 60.7 Å². The van der Waals surface area contributed by atoms with E-state index in [4.69, 9.17) is 55.9 Å². The van der Waals surface area contributed by atoms with Gasteiger partial charge in [-0.3, -0.25) is 48.7 Å². The first kappa shape index (κ1) is 132. The second-order valence-corrected chi connectivity index (χ2v) is 56.2. The second kappa shape index (κ2) is 76.1. The largest absolute Gasteiger partial charge is 0.443 e. The summed E-state index contributed by atoms with van der Waals surface area (Å²) in [5.74, 6) is 1.66. The van der Waals surface area contributed by atoms with Crippen molar-refractivity contribution in [3.8, 4) is 52.9 Å². The minimum absolute atomic E-state index is 0. The molecule has 4 amide bonds. The van der Waals surface area contributed by atoms with Crippen molar-refractivity contribution in [3.05, 3.63) is 161 Å². The molecule has 726 valence electrons. The van der Waals surface area contributed by atoms with Crippen molar-refractivity contribution in [3.63, 3.8) is 0 Å². The van der Waals surface area contributed by atoms with Gasteiger partial charge in [-0.15, -0.1) is 0 Å². The van der Waals surface area contributed by atoms with E-state index < -0.39 is 17.3 Å². The molecule has 131 heavy (non-hydrogen) atoms. The zero-order valence-electron chi connectivity index (χ0n) is 78.0. The van der Waals surface area contributed by atoms with Crippen LogP contribution in [-0.4, -0.2) is 148 Å². The minimum Gasteiger partial charge on any atom is -0.443 e. The molecule has 1 N–H and O–H groups in total. The van der Waals surface area contributed by atoms with Gasteiger partial charge in [-0.05, 0) is 173 Å². The van der Waals surface area contributed by atoms with Gasteiger partial charge in [0.05, 0.1) is 8.13 Å². The maximum absolute atomic E-state index is 12.6. The first-order valence-electron chi connectivity index (χ1n) is 41.9. The maximum Gasteiger partial charge on any atom is 0.415 e. The SMILES string of the molecule is CCCC(I)(I)I.CCCC(I)I.CCCCI.CCC[CH-]I.CCN(C(=O)C(C)CSC)c1sc(-c2cccnc2)nc1Cl.CCN(C(=O)C(C)CSC)c1sc(-c2cccnc2)nc1Cl.CCN(C(=O)OC(C)(C)C)c1cnc(-c2cccnc2)s1.CCN(C(=O)OC(C)(C)C)c1sc(-c2cccnc2)nc1Cl.CCNc1sc(-c2cccnc2)nc1Cl.[CH2-]CCC.[V].[V]. The van der Waals surface area contributed by atoms with Gasteiger partial charge in [-0.2, -0.15) is 36.4 Å². The van der Waals surface area contributed by atoms with Crippen LogP contribution < -0.4 is 24.9 Å². The number of unbranched alkanes of at least 4 members (excludes halogenated alkanes) is 3. The van der Waals surface area contributed by atoms with Gasteiger partial charge < -0.3 is 54.1 Å². The van der Waals surface area contributed by atoms with E-state index in [1.54, 1.807) is 118 Å². The fourth-order valence-electron chi connectivity index (χ4n) is 9.50. The molecule has 41 heteroatoms. The average molecular weight is 2870 g/mol. The van der Waals surface area contributed by atoms with Crippen molar-refractivity contribution < 1.29 is 65.8 Å². The van der Waals surface area contributed by atoms with Gasteiger partial charge in [-0.25, -0.2) is 34.5 Å². The predicted molar refractivity (Wildman–Crippen MR) is 624 cm³/mol. The van der Waals surface area contributed by atoms with Crippen molar-refractivity contribution >= 4 is 334 Å². The number of thiazole rings is 5. The minimum atomic E-state index is -0.562. The smallest absolute Gasteiger partial charge is 0.415 e. The van der Waals surface area contributed by atoms with Gasteiger partial charge in [-0.1, -0.05) is 319 Å². The molecule has 21 nitrogen and oxygen atoms in total. The monoisotopic (exact) mass is 2860 g/mol. The molecule has 0 bridgehead atoms. The van der Waals surface area contributed by atoms with Crippen LogP contribution in [0.2, 0.25) is 20.6 Å². The van der Waals surface area contributed by atoms with Crippen molar-refractivity contribution in [1.82, 2.24) is 49.8 Å². The number of carbonyl (C=O) groups is 4. The fraction of sp³-hybridized carbons (Fsp3) is 0.489. The van der Waals surface area contributed by atoms with Crippen molar-refractivity contribution in [1.29, 1.82) is 0 Å². The van der Waals surface area contributed by atoms with Gasteiger partial charge >= 0.3 is 12.2 Å². The molecule has 2 radical (unpaired) electrons. The molecular formula is C90H124Cl4I7N15O6S7V2-2. The summed E-state index contributed by atoms with van der Waals surface area (Å²) in [6.45, 7) is 42.1. The number of pyridine rings is 5. The second-order valence-electron chi connectivity index (χ2n) is 28.9. The Kier molecular flexibility index (Phi) is 76.8. The van der Waals surface area contributed by atoms with E-state index in [-0.39, 0.29) is 72.0 Å². The van der Waals surface area contributed by atoms with Crippen LogP contribution in [-0.2, 0) is 56.2 Å². The van der Waals surface area contributed by atoms with Crippen molar-refractivity contribution in [2.24, 2.45) is 11.8 Å². The summed E-state index contributed by atoms with van der Waals surface area (Å²) >= 11 is 52.1. The summed E-state index contributed by atoms with van der Waals surface area (Å²) < 4.78 is 15.6. The molecule has 0 aliphatic heterocycles. The Morgan fingerprint density at radius 1 is 0.496 bits per heavy atom. The van der Waals surface area contributed by atoms with Gasteiger partial charge in [0.25, 0.3) is 0 Å². The van der Waals surface area contributed by atoms with E-state index in [1.807, 2.05) is 163 Å². The molecule has 10 aromatic rings. The Hall–Kier alpha value is -0.681. The Labute approximate surface area is 948 Å². The number of nitrogens with one attached hydrogen (secondary N) is 1. The number of nitrogens with zero attached hydrogens (tertiary/aromatic N) is 14. The van der Waals surface area contributed by atoms with Gasteiger partial charge in [0.2, 0.25) is 11.8 Å². The molecular weight excluding hydrogens is 2740 g/mol. The number of halogens is 11. The fourth-order valence-corrected chi connectivity index (χ4v) is 21.3. The number of thioether (sulfide) groups is 2. The molecule has 0 fully saturated rings. The summed E-state index contributed by atoms with van der Waals surface area (Å²) in [5, 5.41) is 12.4. The summed E-state index contributed by atoms with van der Waals surface area (Å²) in [6, 6.07) is 19.0. The van der Waals surface area contributed by atoms with Crippen LogP contribution in [0.4, 0.5) is 34.6 Å². The molecule has 0 aromatic carbocycles. The predicted octanol–water partition coefficient (Wildman–Crippen LogP) is 33.2. The molecule has 0 saturated heterocycles. The molecule has 0 aliphatic carbocycles.